The van der Waals surface area contributed by atoms with Crippen LogP contribution in [0.3, 0.4) is 0 Å². The van der Waals surface area contributed by atoms with E-state index in [1.54, 1.807) is 6.92 Å². The lowest BCUT2D eigenvalue weighted by Crippen LogP contribution is -2.14. The van der Waals surface area contributed by atoms with E-state index < -0.39 is 17.7 Å². The third-order valence-electron chi connectivity index (χ3n) is 2.35. The minimum absolute atomic E-state index is 0.0495. The normalized spacial score (nSPS) is 11.1. The third-order valence-corrected chi connectivity index (χ3v) is 2.35. The predicted octanol–water partition coefficient (Wildman–Crippen LogP) is 2.51. The molecule has 1 rings (SSSR count). The number of halogens is 3. The predicted molar refractivity (Wildman–Crippen MR) is 68.5 cm³/mol. The summed E-state index contributed by atoms with van der Waals surface area (Å²) in [6.07, 6.45) is -4.40. The van der Waals surface area contributed by atoms with Crippen molar-refractivity contribution < 1.29 is 22.7 Å². The quantitative estimate of drug-likeness (QED) is 0.788. The van der Waals surface area contributed by atoms with Gasteiger partial charge in [-0.05, 0) is 19.1 Å². The second kappa shape index (κ2) is 6.97. The SMILES string of the molecule is CCOC(=O)CCNc1cc(C(F)(F)F)cc(NC)n1. The average molecular weight is 291 g/mol. The fourth-order valence-electron chi connectivity index (χ4n) is 1.44. The number of pyridine rings is 1. The van der Waals surface area contributed by atoms with Crippen LogP contribution in [-0.2, 0) is 15.7 Å². The van der Waals surface area contributed by atoms with Crippen molar-refractivity contribution in [3.05, 3.63) is 17.7 Å². The molecule has 0 atom stereocenters. The van der Waals surface area contributed by atoms with Crippen molar-refractivity contribution in [1.82, 2.24) is 4.98 Å². The number of ether oxygens (including phenoxy) is 1. The van der Waals surface area contributed by atoms with Gasteiger partial charge >= 0.3 is 12.1 Å². The van der Waals surface area contributed by atoms with Crippen molar-refractivity contribution in [2.45, 2.75) is 19.5 Å². The van der Waals surface area contributed by atoms with E-state index in [4.69, 9.17) is 4.74 Å². The summed E-state index contributed by atoms with van der Waals surface area (Å²) in [5, 5.41) is 5.23. The first-order chi connectivity index (χ1) is 9.36. The molecule has 20 heavy (non-hydrogen) atoms. The maximum Gasteiger partial charge on any atom is 0.416 e. The first-order valence-corrected chi connectivity index (χ1v) is 6.03. The number of hydrogen-bond acceptors (Lipinski definition) is 5. The molecule has 0 saturated heterocycles. The molecule has 1 aromatic heterocycles. The number of aromatic nitrogens is 1. The van der Waals surface area contributed by atoms with Crippen molar-refractivity contribution in [2.24, 2.45) is 0 Å². The van der Waals surface area contributed by atoms with Gasteiger partial charge in [-0.2, -0.15) is 13.2 Å². The van der Waals surface area contributed by atoms with Gasteiger partial charge in [0.1, 0.15) is 11.6 Å². The van der Waals surface area contributed by atoms with Gasteiger partial charge in [-0.25, -0.2) is 4.98 Å². The van der Waals surface area contributed by atoms with Crippen LogP contribution in [0.2, 0.25) is 0 Å². The van der Waals surface area contributed by atoms with Gasteiger partial charge in [0.05, 0.1) is 18.6 Å². The molecular formula is C12H16F3N3O2. The van der Waals surface area contributed by atoms with Crippen molar-refractivity contribution in [3.63, 3.8) is 0 Å². The van der Waals surface area contributed by atoms with Crippen molar-refractivity contribution in [2.75, 3.05) is 30.8 Å². The molecule has 0 saturated carbocycles. The highest BCUT2D eigenvalue weighted by molar-refractivity contribution is 5.70. The fraction of sp³-hybridized carbons (Fsp3) is 0.500. The molecule has 1 heterocycles. The maximum absolute atomic E-state index is 12.7. The molecule has 8 heteroatoms. The van der Waals surface area contributed by atoms with E-state index in [2.05, 4.69) is 15.6 Å². The van der Waals surface area contributed by atoms with Gasteiger partial charge in [-0.1, -0.05) is 0 Å². The highest BCUT2D eigenvalue weighted by Crippen LogP contribution is 2.31. The minimum Gasteiger partial charge on any atom is -0.466 e. The Morgan fingerprint density at radius 2 is 2.00 bits per heavy atom. The molecule has 0 fully saturated rings. The Morgan fingerprint density at radius 3 is 2.55 bits per heavy atom. The lowest BCUT2D eigenvalue weighted by atomic mass is 10.2. The highest BCUT2D eigenvalue weighted by atomic mass is 19.4. The summed E-state index contributed by atoms with van der Waals surface area (Å²) in [5.41, 5.74) is -0.810. The molecule has 0 spiro atoms. The van der Waals surface area contributed by atoms with Crippen LogP contribution < -0.4 is 10.6 Å². The Balaban J connectivity index is 2.72. The molecule has 1 aromatic rings. The summed E-state index contributed by atoms with van der Waals surface area (Å²) in [6, 6.07) is 1.81. The molecule has 0 unspecified atom stereocenters. The molecule has 0 bridgehead atoms. The number of hydrogen-bond donors (Lipinski definition) is 2. The summed E-state index contributed by atoms with van der Waals surface area (Å²) < 4.78 is 42.7. The standard InChI is InChI=1S/C12H16F3N3O2/c1-3-20-11(19)4-5-17-10-7-8(12(13,14)15)6-9(16-2)18-10/h6-7H,3-5H2,1-2H3,(H2,16,17,18). The number of esters is 1. The summed E-state index contributed by atoms with van der Waals surface area (Å²) in [7, 11) is 1.48. The van der Waals surface area contributed by atoms with Gasteiger partial charge in [0.25, 0.3) is 0 Å². The Bertz CT molecular complexity index is 464. The van der Waals surface area contributed by atoms with Gasteiger partial charge in [-0.15, -0.1) is 0 Å². The van der Waals surface area contributed by atoms with Gasteiger partial charge < -0.3 is 15.4 Å². The van der Waals surface area contributed by atoms with Crippen molar-refractivity contribution >= 4 is 17.6 Å². The molecule has 0 radical (unpaired) electrons. The van der Waals surface area contributed by atoms with E-state index >= 15 is 0 Å². The van der Waals surface area contributed by atoms with Crippen LogP contribution in [0.4, 0.5) is 24.8 Å². The van der Waals surface area contributed by atoms with Crippen LogP contribution in [0.15, 0.2) is 12.1 Å². The van der Waals surface area contributed by atoms with Gasteiger partial charge in [-0.3, -0.25) is 4.79 Å². The molecule has 0 aliphatic rings. The molecule has 2 N–H and O–H groups in total. The molecule has 0 amide bonds. The lowest BCUT2D eigenvalue weighted by Gasteiger charge is -2.12. The molecule has 112 valence electrons. The van der Waals surface area contributed by atoms with Crippen LogP contribution >= 0.6 is 0 Å². The van der Waals surface area contributed by atoms with E-state index in [0.717, 1.165) is 12.1 Å². The van der Waals surface area contributed by atoms with Crippen molar-refractivity contribution in [1.29, 1.82) is 0 Å². The minimum atomic E-state index is -4.45. The summed E-state index contributed by atoms with van der Waals surface area (Å²) >= 11 is 0. The Labute approximate surface area is 114 Å². The molecule has 0 aromatic carbocycles. The smallest absolute Gasteiger partial charge is 0.416 e. The van der Waals surface area contributed by atoms with Crippen LogP contribution in [0, 0.1) is 0 Å². The van der Waals surface area contributed by atoms with E-state index in [9.17, 15) is 18.0 Å². The van der Waals surface area contributed by atoms with Gasteiger partial charge in [0.15, 0.2) is 0 Å². The highest BCUT2D eigenvalue weighted by Gasteiger charge is 2.31. The van der Waals surface area contributed by atoms with Crippen LogP contribution in [0.5, 0.6) is 0 Å². The molecular weight excluding hydrogens is 275 g/mol. The van der Waals surface area contributed by atoms with Gasteiger partial charge in [0.2, 0.25) is 0 Å². The van der Waals surface area contributed by atoms with Crippen LogP contribution in [-0.4, -0.2) is 31.2 Å². The Morgan fingerprint density at radius 1 is 1.35 bits per heavy atom. The zero-order chi connectivity index (χ0) is 15.2. The Kier molecular flexibility index (Phi) is 5.60. The number of carbonyl (C=O) groups excluding carboxylic acids is 1. The van der Waals surface area contributed by atoms with E-state index in [0.29, 0.717) is 0 Å². The fourth-order valence-corrected chi connectivity index (χ4v) is 1.44. The summed E-state index contributed by atoms with van der Waals surface area (Å²) in [5.74, 6) is -0.271. The topological polar surface area (TPSA) is 63.2 Å². The second-order valence-corrected chi connectivity index (χ2v) is 3.86. The van der Waals surface area contributed by atoms with E-state index in [-0.39, 0.29) is 31.2 Å². The number of nitrogens with zero attached hydrogens (tertiary/aromatic N) is 1. The Hall–Kier alpha value is -1.99. The van der Waals surface area contributed by atoms with Gasteiger partial charge in [0, 0.05) is 13.6 Å². The summed E-state index contributed by atoms with van der Waals surface area (Å²) in [6.45, 7) is 2.10. The van der Waals surface area contributed by atoms with Crippen LogP contribution in [0.25, 0.3) is 0 Å². The number of anilines is 2. The monoisotopic (exact) mass is 291 g/mol. The number of carbonyl (C=O) groups is 1. The summed E-state index contributed by atoms with van der Waals surface area (Å²) in [4.78, 5) is 15.0. The average Bonchev–Trinajstić information content (AvgIpc) is 2.37. The van der Waals surface area contributed by atoms with Crippen LogP contribution in [0.1, 0.15) is 18.9 Å². The van der Waals surface area contributed by atoms with Crippen molar-refractivity contribution in [3.8, 4) is 0 Å². The maximum atomic E-state index is 12.7. The first-order valence-electron chi connectivity index (χ1n) is 6.03. The lowest BCUT2D eigenvalue weighted by molar-refractivity contribution is -0.142. The largest absolute Gasteiger partial charge is 0.466 e. The molecule has 0 aliphatic carbocycles. The number of alkyl halides is 3. The first kappa shape index (κ1) is 16.1. The van der Waals surface area contributed by atoms with E-state index in [1.807, 2.05) is 0 Å². The molecule has 0 aliphatic heterocycles. The van der Waals surface area contributed by atoms with E-state index in [1.165, 1.54) is 7.05 Å². The molecule has 5 nitrogen and oxygen atoms in total. The zero-order valence-corrected chi connectivity index (χ0v) is 11.2. The second-order valence-electron chi connectivity index (χ2n) is 3.86. The third kappa shape index (κ3) is 4.94. The zero-order valence-electron chi connectivity index (χ0n) is 11.2. The number of rotatable bonds is 6. The number of nitrogens with one attached hydrogen (secondary N) is 2.